The van der Waals surface area contributed by atoms with E-state index in [1.54, 1.807) is 0 Å². The second kappa shape index (κ2) is 11.2. The molecule has 0 bridgehead atoms. The molecule has 2 aromatic heterocycles. The van der Waals surface area contributed by atoms with Gasteiger partial charge in [0.05, 0.1) is 11.2 Å². The van der Waals surface area contributed by atoms with Crippen molar-refractivity contribution in [1.29, 1.82) is 0 Å². The van der Waals surface area contributed by atoms with Crippen molar-refractivity contribution in [2.75, 3.05) is 0 Å². The Labute approximate surface area is 277 Å². The summed E-state index contributed by atoms with van der Waals surface area (Å²) in [5.74, 6) is 0. The molecule has 0 aliphatic heterocycles. The Balaban J connectivity index is 1.25. The lowest BCUT2D eigenvalue weighted by atomic mass is 9.95. The summed E-state index contributed by atoms with van der Waals surface area (Å²) in [6, 6.07) is 58.2. The van der Waals surface area contributed by atoms with Crippen molar-refractivity contribution in [2.45, 2.75) is 0 Å². The Kier molecular flexibility index (Phi) is 6.64. The van der Waals surface area contributed by atoms with E-state index in [2.05, 4.69) is 103 Å². The molecule has 2 heterocycles. The number of benzene rings is 7. The summed E-state index contributed by atoms with van der Waals surface area (Å²) in [6.07, 6.45) is 0. The molecule has 222 valence electrons. The van der Waals surface area contributed by atoms with Gasteiger partial charge < -0.3 is 4.57 Å². The summed E-state index contributed by atoms with van der Waals surface area (Å²) in [5, 5.41) is 8.61. The highest BCUT2D eigenvalue weighted by Crippen LogP contribution is 2.47. The molecule has 0 unspecified atom stereocenters. The molecular formula is C43H28NOPS. The topological polar surface area (TPSA) is 30.0 Å². The Hall–Kier alpha value is -5.34. The van der Waals surface area contributed by atoms with Crippen LogP contribution in [0.3, 0.4) is 0 Å². The van der Waals surface area contributed by atoms with Crippen LogP contribution in [0.2, 0.25) is 0 Å². The standard InChI is InChI=1S/C43H28NOPS/c45-46(31-15-6-2-7-16-31,32-17-8-3-9-18-32)33-25-23-29(24-26-33)34-20-12-21-37-41-39(47-43(34)37)28-27-36-40(41)35-19-10-11-22-38(35)44-42(36)30-13-4-1-5-14-30/h1-28H. The molecule has 47 heavy (non-hydrogen) atoms. The van der Waals surface area contributed by atoms with Crippen molar-refractivity contribution in [2.24, 2.45) is 0 Å². The van der Waals surface area contributed by atoms with Gasteiger partial charge in [0.2, 0.25) is 0 Å². The smallest absolute Gasteiger partial charge is 0.171 e. The number of rotatable bonds is 5. The SMILES string of the molecule is O=P(c1ccccc1)(c1ccccc1)c1ccc(-c2cccc3c2sc2ccc4c(-c5ccccc5)nc5ccccc5c4c23)cc1. The van der Waals surface area contributed by atoms with E-state index >= 15 is 0 Å². The van der Waals surface area contributed by atoms with Crippen molar-refractivity contribution >= 4 is 76.2 Å². The molecule has 7 aromatic carbocycles. The highest BCUT2D eigenvalue weighted by atomic mass is 32.1. The number of aromatic nitrogens is 1. The van der Waals surface area contributed by atoms with Gasteiger partial charge >= 0.3 is 0 Å². The zero-order valence-electron chi connectivity index (χ0n) is 25.4. The molecule has 0 aliphatic rings. The van der Waals surface area contributed by atoms with Gasteiger partial charge in [0, 0.05) is 57.8 Å². The molecule has 0 spiro atoms. The Morgan fingerprint density at radius 1 is 0.447 bits per heavy atom. The fourth-order valence-electron chi connectivity index (χ4n) is 6.95. The van der Waals surface area contributed by atoms with Gasteiger partial charge in [0.1, 0.15) is 0 Å². The van der Waals surface area contributed by atoms with Crippen molar-refractivity contribution in [3.8, 4) is 22.4 Å². The quantitative estimate of drug-likeness (QED) is 0.139. The molecule has 9 aromatic rings. The highest BCUT2D eigenvalue weighted by Gasteiger charge is 2.29. The number of thiophene rings is 1. The van der Waals surface area contributed by atoms with Crippen LogP contribution >= 0.6 is 18.5 Å². The summed E-state index contributed by atoms with van der Waals surface area (Å²) in [7, 11) is -3.04. The van der Waals surface area contributed by atoms with Crippen LogP contribution in [0.5, 0.6) is 0 Å². The third-order valence-electron chi connectivity index (χ3n) is 9.15. The van der Waals surface area contributed by atoms with Gasteiger partial charge in [-0.25, -0.2) is 4.98 Å². The van der Waals surface area contributed by atoms with E-state index in [9.17, 15) is 4.57 Å². The van der Waals surface area contributed by atoms with Crippen LogP contribution in [-0.4, -0.2) is 4.98 Å². The van der Waals surface area contributed by atoms with Crippen LogP contribution in [0.25, 0.3) is 64.2 Å². The first-order valence-electron chi connectivity index (χ1n) is 15.7. The Morgan fingerprint density at radius 3 is 1.74 bits per heavy atom. The number of para-hydroxylation sites is 1. The Bertz CT molecular complexity index is 2590. The number of hydrogen-bond acceptors (Lipinski definition) is 3. The van der Waals surface area contributed by atoms with Gasteiger partial charge in [-0.3, -0.25) is 0 Å². The minimum Gasteiger partial charge on any atom is -0.309 e. The van der Waals surface area contributed by atoms with Crippen molar-refractivity contribution < 1.29 is 4.57 Å². The molecule has 0 fully saturated rings. The van der Waals surface area contributed by atoms with Crippen molar-refractivity contribution in [3.05, 3.63) is 170 Å². The minimum atomic E-state index is -3.04. The lowest BCUT2D eigenvalue weighted by molar-refractivity contribution is 0.592. The van der Waals surface area contributed by atoms with Gasteiger partial charge in [0.25, 0.3) is 0 Å². The van der Waals surface area contributed by atoms with E-state index < -0.39 is 7.14 Å². The third kappa shape index (κ3) is 4.47. The lowest BCUT2D eigenvalue weighted by Crippen LogP contribution is -2.24. The highest BCUT2D eigenvalue weighted by molar-refractivity contribution is 7.85. The first kappa shape index (κ1) is 27.9. The van der Waals surface area contributed by atoms with Gasteiger partial charge in [0.15, 0.2) is 7.14 Å². The third-order valence-corrected chi connectivity index (χ3v) is 13.4. The zero-order chi connectivity index (χ0) is 31.4. The monoisotopic (exact) mass is 637 g/mol. The number of pyridine rings is 1. The molecule has 0 radical (unpaired) electrons. The fourth-order valence-corrected chi connectivity index (χ4v) is 10.8. The largest absolute Gasteiger partial charge is 0.309 e. The fraction of sp³-hybridized carbons (Fsp3) is 0. The van der Waals surface area contributed by atoms with Crippen molar-refractivity contribution in [1.82, 2.24) is 4.98 Å². The number of nitrogens with zero attached hydrogens (tertiary/aromatic N) is 1. The maximum Gasteiger partial charge on any atom is 0.171 e. The number of fused-ring (bicyclic) bond motifs is 7. The second-order valence-corrected chi connectivity index (χ2v) is 15.6. The van der Waals surface area contributed by atoms with E-state index in [-0.39, 0.29) is 0 Å². The average molecular weight is 638 g/mol. The maximum absolute atomic E-state index is 15.0. The normalized spacial score (nSPS) is 11.9. The summed E-state index contributed by atoms with van der Waals surface area (Å²) in [6.45, 7) is 0. The van der Waals surface area contributed by atoms with E-state index in [4.69, 9.17) is 4.98 Å². The summed E-state index contributed by atoms with van der Waals surface area (Å²) in [5.41, 5.74) is 5.41. The molecule has 9 rings (SSSR count). The molecule has 0 saturated carbocycles. The summed E-state index contributed by atoms with van der Waals surface area (Å²) in [4.78, 5) is 5.16. The van der Waals surface area contributed by atoms with Crippen LogP contribution in [0, 0.1) is 0 Å². The second-order valence-electron chi connectivity index (χ2n) is 11.8. The maximum atomic E-state index is 15.0. The molecule has 0 amide bonds. The average Bonchev–Trinajstić information content (AvgIpc) is 3.54. The van der Waals surface area contributed by atoms with E-state index in [0.717, 1.165) is 43.6 Å². The Morgan fingerprint density at radius 2 is 1.04 bits per heavy atom. The van der Waals surface area contributed by atoms with Crippen LogP contribution in [0.15, 0.2) is 170 Å². The van der Waals surface area contributed by atoms with Gasteiger partial charge in [-0.05, 0) is 23.3 Å². The predicted molar refractivity (Wildman–Crippen MR) is 202 cm³/mol. The van der Waals surface area contributed by atoms with Gasteiger partial charge in [-0.1, -0.05) is 158 Å². The van der Waals surface area contributed by atoms with Gasteiger partial charge in [-0.2, -0.15) is 0 Å². The molecule has 0 saturated heterocycles. The van der Waals surface area contributed by atoms with Crippen LogP contribution < -0.4 is 15.9 Å². The first-order chi connectivity index (χ1) is 23.2. The zero-order valence-corrected chi connectivity index (χ0v) is 27.1. The molecule has 2 nitrogen and oxygen atoms in total. The minimum absolute atomic E-state index is 0.834. The summed E-state index contributed by atoms with van der Waals surface area (Å²) < 4.78 is 17.5. The lowest BCUT2D eigenvalue weighted by Gasteiger charge is -2.20. The molecular weight excluding hydrogens is 610 g/mol. The molecule has 0 aliphatic carbocycles. The van der Waals surface area contributed by atoms with Crippen LogP contribution in [0.4, 0.5) is 0 Å². The van der Waals surface area contributed by atoms with E-state index in [1.807, 2.05) is 78.1 Å². The van der Waals surface area contributed by atoms with Crippen molar-refractivity contribution in [3.63, 3.8) is 0 Å². The van der Waals surface area contributed by atoms with Crippen LogP contribution in [-0.2, 0) is 4.57 Å². The summed E-state index contributed by atoms with van der Waals surface area (Å²) >= 11 is 1.84. The van der Waals surface area contributed by atoms with E-state index in [1.165, 1.54) is 36.5 Å². The molecule has 0 N–H and O–H groups in total. The molecule has 0 atom stereocenters. The van der Waals surface area contributed by atoms with Crippen LogP contribution in [0.1, 0.15) is 0 Å². The molecule has 4 heteroatoms. The first-order valence-corrected chi connectivity index (χ1v) is 18.3. The van der Waals surface area contributed by atoms with E-state index in [0.29, 0.717) is 0 Å². The van der Waals surface area contributed by atoms with Gasteiger partial charge in [-0.15, -0.1) is 11.3 Å². The predicted octanol–water partition coefficient (Wildman–Crippen LogP) is 10.7. The number of hydrogen-bond donors (Lipinski definition) is 0.